The second-order valence-corrected chi connectivity index (χ2v) is 5.49. The monoisotopic (exact) mass is 277 g/mol. The maximum atomic E-state index is 11.4. The summed E-state index contributed by atoms with van der Waals surface area (Å²) in [7, 11) is 5.71. The second kappa shape index (κ2) is 6.17. The van der Waals surface area contributed by atoms with Crippen LogP contribution >= 0.6 is 0 Å². The van der Waals surface area contributed by atoms with Crippen molar-refractivity contribution in [1.29, 1.82) is 0 Å². The zero-order valence-electron chi connectivity index (χ0n) is 12.7. The van der Waals surface area contributed by atoms with Gasteiger partial charge >= 0.3 is 0 Å². The molecule has 1 aromatic rings. The number of rotatable bonds is 4. The molecule has 1 aliphatic rings. The zero-order valence-corrected chi connectivity index (χ0v) is 12.7. The van der Waals surface area contributed by atoms with Crippen LogP contribution in [0, 0.1) is 0 Å². The topological polar surface area (TPSA) is 61.4 Å². The molecule has 1 fully saturated rings. The largest absolute Gasteiger partial charge is 0.363 e. The van der Waals surface area contributed by atoms with E-state index in [0.717, 1.165) is 36.7 Å². The summed E-state index contributed by atoms with van der Waals surface area (Å²) in [5.41, 5.74) is 0.880. The average Bonchev–Trinajstić information content (AvgIpc) is 2.92. The van der Waals surface area contributed by atoms with Crippen LogP contribution in [-0.2, 0) is 11.3 Å². The van der Waals surface area contributed by atoms with Gasteiger partial charge in [-0.3, -0.25) is 4.79 Å². The van der Waals surface area contributed by atoms with Gasteiger partial charge in [0, 0.05) is 34.1 Å². The minimum Gasteiger partial charge on any atom is -0.363 e. The summed E-state index contributed by atoms with van der Waals surface area (Å²) < 4.78 is 0. The minimum atomic E-state index is 0.0376. The van der Waals surface area contributed by atoms with E-state index in [1.54, 1.807) is 18.9 Å². The Hall–Kier alpha value is -1.69. The molecule has 20 heavy (non-hydrogen) atoms. The molecule has 1 N–H and O–H groups in total. The highest BCUT2D eigenvalue weighted by molar-refractivity contribution is 5.72. The number of nitrogens with one attached hydrogen (secondary N) is 1. The molecule has 0 saturated carbocycles. The minimum absolute atomic E-state index is 0.0376. The van der Waals surface area contributed by atoms with E-state index in [4.69, 9.17) is 0 Å². The third kappa shape index (κ3) is 3.45. The molecule has 1 saturated heterocycles. The third-order valence-corrected chi connectivity index (χ3v) is 3.55. The third-order valence-electron chi connectivity index (χ3n) is 3.55. The van der Waals surface area contributed by atoms with Gasteiger partial charge in [0.25, 0.3) is 0 Å². The van der Waals surface area contributed by atoms with Crippen LogP contribution in [-0.4, -0.2) is 48.5 Å². The predicted octanol–water partition coefficient (Wildman–Crippen LogP) is 0.945. The van der Waals surface area contributed by atoms with Crippen LogP contribution in [0.5, 0.6) is 0 Å². The first-order valence-electron chi connectivity index (χ1n) is 6.97. The maximum absolute atomic E-state index is 11.4. The lowest BCUT2D eigenvalue weighted by atomic mass is 10.2. The van der Waals surface area contributed by atoms with Crippen molar-refractivity contribution in [3.05, 3.63) is 17.6 Å². The number of carbonyl (C=O) groups excluding carboxylic acids is 1. The summed E-state index contributed by atoms with van der Waals surface area (Å²) in [6, 6.07) is 2.18. The van der Waals surface area contributed by atoms with E-state index in [-0.39, 0.29) is 11.9 Å². The highest BCUT2D eigenvalue weighted by Gasteiger charge is 2.21. The summed E-state index contributed by atoms with van der Waals surface area (Å²) in [5.74, 6) is 1.76. The smallest absolute Gasteiger partial charge is 0.219 e. The Kier molecular flexibility index (Phi) is 4.54. The van der Waals surface area contributed by atoms with Crippen LogP contribution < -0.4 is 10.2 Å². The second-order valence-electron chi connectivity index (χ2n) is 5.49. The Morgan fingerprint density at radius 1 is 1.40 bits per heavy atom. The first-order valence-corrected chi connectivity index (χ1v) is 6.97. The van der Waals surface area contributed by atoms with Crippen molar-refractivity contribution in [2.75, 3.05) is 32.6 Å². The fourth-order valence-corrected chi connectivity index (χ4v) is 2.23. The molecule has 0 spiro atoms. The van der Waals surface area contributed by atoms with E-state index >= 15 is 0 Å². The van der Waals surface area contributed by atoms with Gasteiger partial charge in [-0.1, -0.05) is 0 Å². The molecule has 0 bridgehead atoms. The highest BCUT2D eigenvalue weighted by Crippen LogP contribution is 2.22. The molecular formula is C14H23N5O. The molecular weight excluding hydrogens is 254 g/mol. The lowest BCUT2D eigenvalue weighted by molar-refractivity contribution is -0.128. The van der Waals surface area contributed by atoms with E-state index in [2.05, 4.69) is 15.3 Å². The van der Waals surface area contributed by atoms with E-state index < -0.39 is 0 Å². The van der Waals surface area contributed by atoms with E-state index in [9.17, 15) is 4.79 Å². The standard InChI is InChI=1S/C14H23N5O/c1-10(20)19(4)9-11-8-13(18(2)3)17-14(16-11)12-6-5-7-15-12/h8,12,15H,5-7,9H2,1-4H3/t12-/m0/s1. The molecule has 1 atom stereocenters. The van der Waals surface area contributed by atoms with Crippen LogP contribution in [0.2, 0.25) is 0 Å². The number of nitrogens with zero attached hydrogens (tertiary/aromatic N) is 4. The van der Waals surface area contributed by atoms with E-state index in [1.165, 1.54) is 0 Å². The summed E-state index contributed by atoms with van der Waals surface area (Å²) in [4.78, 5) is 24.2. The zero-order chi connectivity index (χ0) is 14.7. The molecule has 2 heterocycles. The Morgan fingerprint density at radius 3 is 2.70 bits per heavy atom. The van der Waals surface area contributed by atoms with Crippen molar-refractivity contribution >= 4 is 11.7 Å². The Balaban J connectivity index is 2.28. The normalized spacial score (nSPS) is 18.1. The van der Waals surface area contributed by atoms with Crippen molar-refractivity contribution in [3.63, 3.8) is 0 Å². The van der Waals surface area contributed by atoms with Crippen LogP contribution in [0.4, 0.5) is 5.82 Å². The SMILES string of the molecule is CC(=O)N(C)Cc1cc(N(C)C)nc([C@@H]2CCCN2)n1. The summed E-state index contributed by atoms with van der Waals surface area (Å²) >= 11 is 0. The van der Waals surface area contributed by atoms with Gasteiger partial charge in [0.05, 0.1) is 18.3 Å². The quantitative estimate of drug-likeness (QED) is 0.887. The summed E-state index contributed by atoms with van der Waals surface area (Å²) in [5, 5.41) is 3.42. The molecule has 1 aromatic heterocycles. The lowest BCUT2D eigenvalue weighted by Crippen LogP contribution is -2.25. The molecule has 2 rings (SSSR count). The number of anilines is 1. The molecule has 0 aliphatic carbocycles. The fourth-order valence-electron chi connectivity index (χ4n) is 2.23. The Labute approximate surface area is 120 Å². The Morgan fingerprint density at radius 2 is 2.15 bits per heavy atom. The van der Waals surface area contributed by atoms with Crippen molar-refractivity contribution < 1.29 is 4.79 Å². The molecule has 6 nitrogen and oxygen atoms in total. The van der Waals surface area contributed by atoms with Crippen LogP contribution in [0.15, 0.2) is 6.07 Å². The Bertz CT molecular complexity index is 482. The van der Waals surface area contributed by atoms with Gasteiger partial charge in [-0.2, -0.15) is 0 Å². The molecule has 110 valence electrons. The van der Waals surface area contributed by atoms with Gasteiger partial charge in [0.15, 0.2) is 0 Å². The summed E-state index contributed by atoms with van der Waals surface area (Å²) in [6.45, 7) is 3.09. The first kappa shape index (κ1) is 14.7. The molecule has 6 heteroatoms. The molecule has 0 aromatic carbocycles. The molecule has 1 amide bonds. The molecule has 0 radical (unpaired) electrons. The van der Waals surface area contributed by atoms with Crippen molar-refractivity contribution in [3.8, 4) is 0 Å². The van der Waals surface area contributed by atoms with Crippen LogP contribution in [0.1, 0.15) is 37.3 Å². The van der Waals surface area contributed by atoms with Gasteiger partial charge in [-0.15, -0.1) is 0 Å². The number of hydrogen-bond acceptors (Lipinski definition) is 5. The van der Waals surface area contributed by atoms with Gasteiger partial charge in [0.2, 0.25) is 5.91 Å². The van der Waals surface area contributed by atoms with Gasteiger partial charge in [0.1, 0.15) is 11.6 Å². The van der Waals surface area contributed by atoms with Crippen LogP contribution in [0.25, 0.3) is 0 Å². The highest BCUT2D eigenvalue weighted by atomic mass is 16.2. The summed E-state index contributed by atoms with van der Waals surface area (Å²) in [6.07, 6.45) is 2.22. The van der Waals surface area contributed by atoms with E-state index in [0.29, 0.717) is 6.54 Å². The van der Waals surface area contributed by atoms with Gasteiger partial charge in [-0.05, 0) is 19.4 Å². The van der Waals surface area contributed by atoms with Gasteiger partial charge < -0.3 is 15.1 Å². The van der Waals surface area contributed by atoms with Crippen LogP contribution in [0.3, 0.4) is 0 Å². The van der Waals surface area contributed by atoms with E-state index in [1.807, 2.05) is 25.1 Å². The average molecular weight is 277 g/mol. The molecule has 0 unspecified atom stereocenters. The number of aromatic nitrogens is 2. The molecule has 1 aliphatic heterocycles. The van der Waals surface area contributed by atoms with Crippen molar-refractivity contribution in [2.45, 2.75) is 32.4 Å². The first-order chi connectivity index (χ1) is 9.47. The maximum Gasteiger partial charge on any atom is 0.219 e. The lowest BCUT2D eigenvalue weighted by Gasteiger charge is -2.19. The predicted molar refractivity (Wildman–Crippen MR) is 78.5 cm³/mol. The number of amides is 1. The number of carbonyl (C=O) groups is 1. The van der Waals surface area contributed by atoms with Gasteiger partial charge in [-0.25, -0.2) is 9.97 Å². The number of hydrogen-bond donors (Lipinski definition) is 1. The van der Waals surface area contributed by atoms with Crippen molar-refractivity contribution in [1.82, 2.24) is 20.2 Å². The fraction of sp³-hybridized carbons (Fsp3) is 0.643. The van der Waals surface area contributed by atoms with Crippen molar-refractivity contribution in [2.24, 2.45) is 0 Å².